The summed E-state index contributed by atoms with van der Waals surface area (Å²) in [7, 11) is 0. The summed E-state index contributed by atoms with van der Waals surface area (Å²) in [6.07, 6.45) is 0. The molecule has 0 saturated carbocycles. The maximum absolute atomic E-state index is 12.3. The molecule has 3 heteroatoms. The van der Waals surface area contributed by atoms with Gasteiger partial charge < -0.3 is 4.74 Å². The van der Waals surface area contributed by atoms with Crippen LogP contribution in [0.15, 0.2) is 78.9 Å². The van der Waals surface area contributed by atoms with Crippen molar-refractivity contribution in [1.29, 1.82) is 5.26 Å². The minimum Gasteiger partial charge on any atom is -0.489 e. The summed E-state index contributed by atoms with van der Waals surface area (Å²) < 4.78 is 5.71. The lowest BCUT2D eigenvalue weighted by atomic mass is 10.0. The quantitative estimate of drug-likeness (QED) is 0.657. The Morgan fingerprint density at radius 1 is 0.875 bits per heavy atom. The van der Waals surface area contributed by atoms with Crippen molar-refractivity contribution in [3.05, 3.63) is 101 Å². The van der Waals surface area contributed by atoms with E-state index in [9.17, 15) is 4.79 Å². The molecule has 0 saturated heterocycles. The van der Waals surface area contributed by atoms with Crippen molar-refractivity contribution in [3.8, 4) is 11.8 Å². The first-order valence-corrected chi connectivity index (χ1v) is 7.58. The molecule has 0 atom stereocenters. The van der Waals surface area contributed by atoms with Gasteiger partial charge >= 0.3 is 0 Å². The smallest absolute Gasteiger partial charge is 0.193 e. The van der Waals surface area contributed by atoms with Crippen LogP contribution in [0.3, 0.4) is 0 Å². The van der Waals surface area contributed by atoms with E-state index in [4.69, 9.17) is 10.00 Å². The number of nitriles is 1. The fourth-order valence-corrected chi connectivity index (χ4v) is 2.36. The zero-order chi connectivity index (χ0) is 16.8. The number of carbonyl (C=O) groups is 1. The van der Waals surface area contributed by atoms with E-state index in [0.29, 0.717) is 29.0 Å². The van der Waals surface area contributed by atoms with Crippen LogP contribution in [0.4, 0.5) is 0 Å². The van der Waals surface area contributed by atoms with Gasteiger partial charge in [-0.15, -0.1) is 0 Å². The second-order valence-electron chi connectivity index (χ2n) is 5.32. The Bertz CT molecular complexity index is 878. The molecule has 0 fully saturated rings. The van der Waals surface area contributed by atoms with Gasteiger partial charge in [0.2, 0.25) is 0 Å². The highest BCUT2D eigenvalue weighted by molar-refractivity contribution is 6.08. The van der Waals surface area contributed by atoms with E-state index in [1.807, 2.05) is 30.3 Å². The monoisotopic (exact) mass is 313 g/mol. The van der Waals surface area contributed by atoms with Crippen LogP contribution in [-0.2, 0) is 6.61 Å². The molecule has 0 aliphatic carbocycles. The number of hydrogen-bond donors (Lipinski definition) is 0. The summed E-state index contributed by atoms with van der Waals surface area (Å²) in [6.45, 7) is 0.376. The molecule has 0 aliphatic heterocycles. The maximum atomic E-state index is 12.3. The van der Waals surface area contributed by atoms with Crippen molar-refractivity contribution in [1.82, 2.24) is 0 Å². The van der Waals surface area contributed by atoms with Crippen LogP contribution in [0.25, 0.3) is 0 Å². The van der Waals surface area contributed by atoms with E-state index in [0.717, 1.165) is 5.56 Å². The lowest BCUT2D eigenvalue weighted by molar-refractivity contribution is 0.103. The summed E-state index contributed by atoms with van der Waals surface area (Å²) in [4.78, 5) is 12.3. The maximum Gasteiger partial charge on any atom is 0.193 e. The van der Waals surface area contributed by atoms with Crippen molar-refractivity contribution in [2.24, 2.45) is 0 Å². The average Bonchev–Trinajstić information content (AvgIpc) is 2.67. The predicted octanol–water partition coefficient (Wildman–Crippen LogP) is 4.37. The second-order valence-corrected chi connectivity index (χ2v) is 5.32. The third-order valence-corrected chi connectivity index (χ3v) is 3.61. The SMILES string of the molecule is N#Cc1cccc(COc2ccc(C(=O)c3ccccc3)cc2)c1. The van der Waals surface area contributed by atoms with Crippen molar-refractivity contribution < 1.29 is 9.53 Å². The second kappa shape index (κ2) is 7.26. The summed E-state index contributed by atoms with van der Waals surface area (Å²) >= 11 is 0. The standard InChI is InChI=1S/C21H15NO2/c22-14-16-5-4-6-17(13-16)15-24-20-11-9-19(10-12-20)21(23)18-7-2-1-3-8-18/h1-13H,15H2. The molecule has 0 aliphatic rings. The molecule has 0 bridgehead atoms. The van der Waals surface area contributed by atoms with Crippen LogP contribution in [0.5, 0.6) is 5.75 Å². The van der Waals surface area contributed by atoms with Crippen molar-refractivity contribution in [3.63, 3.8) is 0 Å². The fraction of sp³-hybridized carbons (Fsp3) is 0.0476. The van der Waals surface area contributed by atoms with Gasteiger partial charge in [0.25, 0.3) is 0 Å². The molecular weight excluding hydrogens is 298 g/mol. The zero-order valence-corrected chi connectivity index (χ0v) is 13.0. The molecule has 0 radical (unpaired) electrons. The van der Waals surface area contributed by atoms with Gasteiger partial charge in [-0.25, -0.2) is 0 Å². The number of nitrogens with zero attached hydrogens (tertiary/aromatic N) is 1. The molecule has 0 aromatic heterocycles. The number of carbonyl (C=O) groups excluding carboxylic acids is 1. The lowest BCUT2D eigenvalue weighted by Crippen LogP contribution is -2.01. The molecular formula is C21H15NO2. The van der Waals surface area contributed by atoms with Crippen LogP contribution in [0.2, 0.25) is 0 Å². The Kier molecular flexibility index (Phi) is 4.69. The molecule has 116 valence electrons. The molecule has 3 aromatic rings. The first kappa shape index (κ1) is 15.5. The molecule has 0 spiro atoms. The highest BCUT2D eigenvalue weighted by atomic mass is 16.5. The Labute approximate surface area is 140 Å². The first-order chi connectivity index (χ1) is 11.8. The summed E-state index contributed by atoms with van der Waals surface area (Å²) in [6, 6.07) is 25.7. The van der Waals surface area contributed by atoms with E-state index in [2.05, 4.69) is 6.07 Å². The number of benzene rings is 3. The predicted molar refractivity (Wildman–Crippen MR) is 91.8 cm³/mol. The van der Waals surface area contributed by atoms with Crippen molar-refractivity contribution in [2.75, 3.05) is 0 Å². The molecule has 24 heavy (non-hydrogen) atoms. The molecule has 3 aromatic carbocycles. The molecule has 3 nitrogen and oxygen atoms in total. The minimum atomic E-state index is -0.0103. The summed E-state index contributed by atoms with van der Waals surface area (Å²) in [5, 5.41) is 8.90. The largest absolute Gasteiger partial charge is 0.489 e. The normalized spacial score (nSPS) is 9.96. The summed E-state index contributed by atoms with van der Waals surface area (Å²) in [5.41, 5.74) is 2.83. The highest BCUT2D eigenvalue weighted by Gasteiger charge is 2.08. The van der Waals surface area contributed by atoms with Gasteiger partial charge in [0.05, 0.1) is 11.6 Å². The van der Waals surface area contributed by atoms with E-state index >= 15 is 0 Å². The van der Waals surface area contributed by atoms with Crippen molar-refractivity contribution >= 4 is 5.78 Å². The van der Waals surface area contributed by atoms with Crippen LogP contribution in [-0.4, -0.2) is 5.78 Å². The van der Waals surface area contributed by atoms with Crippen LogP contribution in [0, 0.1) is 11.3 Å². The van der Waals surface area contributed by atoms with E-state index in [-0.39, 0.29) is 5.78 Å². The third-order valence-electron chi connectivity index (χ3n) is 3.61. The number of ether oxygens (including phenoxy) is 1. The Morgan fingerprint density at radius 2 is 1.58 bits per heavy atom. The van der Waals surface area contributed by atoms with E-state index < -0.39 is 0 Å². The van der Waals surface area contributed by atoms with E-state index in [1.54, 1.807) is 48.5 Å². The van der Waals surface area contributed by atoms with E-state index in [1.165, 1.54) is 0 Å². The molecule has 0 N–H and O–H groups in total. The van der Waals surface area contributed by atoms with Gasteiger partial charge in [0, 0.05) is 11.1 Å². The molecule has 0 amide bonds. The Hall–Kier alpha value is -3.38. The number of hydrogen-bond acceptors (Lipinski definition) is 3. The van der Waals surface area contributed by atoms with Crippen LogP contribution in [0.1, 0.15) is 27.0 Å². The Balaban J connectivity index is 1.66. The van der Waals surface area contributed by atoms with Gasteiger partial charge in [-0.1, -0.05) is 42.5 Å². The van der Waals surface area contributed by atoms with Gasteiger partial charge in [-0.05, 0) is 42.0 Å². The lowest BCUT2D eigenvalue weighted by Gasteiger charge is -2.07. The average molecular weight is 313 g/mol. The molecule has 0 heterocycles. The van der Waals surface area contributed by atoms with Crippen molar-refractivity contribution in [2.45, 2.75) is 6.61 Å². The summed E-state index contributed by atoms with van der Waals surface area (Å²) in [5.74, 6) is 0.672. The minimum absolute atomic E-state index is 0.0103. The first-order valence-electron chi connectivity index (χ1n) is 7.58. The number of ketones is 1. The zero-order valence-electron chi connectivity index (χ0n) is 13.0. The van der Waals surface area contributed by atoms with Gasteiger partial charge in [-0.2, -0.15) is 5.26 Å². The van der Waals surface area contributed by atoms with Gasteiger partial charge in [0.1, 0.15) is 12.4 Å². The third kappa shape index (κ3) is 3.68. The Morgan fingerprint density at radius 3 is 2.29 bits per heavy atom. The molecule has 0 unspecified atom stereocenters. The van der Waals surface area contributed by atoms with Gasteiger partial charge in [0.15, 0.2) is 5.78 Å². The number of rotatable bonds is 5. The highest BCUT2D eigenvalue weighted by Crippen LogP contribution is 2.17. The van der Waals surface area contributed by atoms with Crippen LogP contribution >= 0.6 is 0 Å². The van der Waals surface area contributed by atoms with Crippen LogP contribution < -0.4 is 4.74 Å². The van der Waals surface area contributed by atoms with Gasteiger partial charge in [-0.3, -0.25) is 4.79 Å². The molecule has 3 rings (SSSR count). The fourth-order valence-electron chi connectivity index (χ4n) is 2.36. The topological polar surface area (TPSA) is 50.1 Å².